The van der Waals surface area contributed by atoms with E-state index in [9.17, 15) is 0 Å². The minimum atomic E-state index is 0.758. The molecule has 5 heteroatoms. The molecule has 0 aliphatic carbocycles. The van der Waals surface area contributed by atoms with Crippen molar-refractivity contribution >= 4 is 0 Å². The second-order valence-electron chi connectivity index (χ2n) is 5.09. The molecule has 108 valence electrons. The highest BCUT2D eigenvalue weighted by Gasteiger charge is 2.07. The predicted octanol–water partition coefficient (Wildman–Crippen LogP) is 2.05. The third-order valence-electron chi connectivity index (χ3n) is 3.51. The van der Waals surface area contributed by atoms with Crippen molar-refractivity contribution in [3.63, 3.8) is 0 Å². The molecule has 2 aromatic heterocycles. The van der Waals surface area contributed by atoms with Crippen molar-refractivity contribution < 1.29 is 0 Å². The summed E-state index contributed by atoms with van der Waals surface area (Å²) in [5.74, 6) is 0. The van der Waals surface area contributed by atoms with Crippen LogP contribution in [0, 0.1) is 20.8 Å². The third-order valence-corrected chi connectivity index (χ3v) is 3.51. The van der Waals surface area contributed by atoms with E-state index in [4.69, 9.17) is 0 Å². The molecule has 5 nitrogen and oxygen atoms in total. The number of aromatic nitrogens is 4. The van der Waals surface area contributed by atoms with E-state index in [1.54, 1.807) is 0 Å². The zero-order chi connectivity index (χ0) is 14.5. The van der Waals surface area contributed by atoms with Gasteiger partial charge in [0.1, 0.15) is 0 Å². The van der Waals surface area contributed by atoms with Crippen molar-refractivity contribution in [2.24, 2.45) is 0 Å². The smallest absolute Gasteiger partial charge is 0.0638 e. The molecule has 0 saturated heterocycles. The first kappa shape index (κ1) is 14.5. The largest absolute Gasteiger partial charge is 0.312 e. The van der Waals surface area contributed by atoms with Gasteiger partial charge in [0.25, 0.3) is 0 Å². The molecule has 20 heavy (non-hydrogen) atoms. The van der Waals surface area contributed by atoms with E-state index < -0.39 is 0 Å². The number of aryl methyl sites for hydroxylation is 3. The molecule has 0 amide bonds. The van der Waals surface area contributed by atoms with Crippen molar-refractivity contribution in [1.29, 1.82) is 0 Å². The lowest BCUT2D eigenvalue weighted by Crippen LogP contribution is -2.17. The molecule has 2 heterocycles. The number of nitrogens with zero attached hydrogens (tertiary/aromatic N) is 3. The minimum absolute atomic E-state index is 0.758. The molecule has 0 fully saturated rings. The predicted molar refractivity (Wildman–Crippen MR) is 80.6 cm³/mol. The van der Waals surface area contributed by atoms with Crippen LogP contribution in [0.4, 0.5) is 0 Å². The Kier molecular flexibility index (Phi) is 4.74. The summed E-state index contributed by atoms with van der Waals surface area (Å²) in [5, 5.41) is 15.2. The highest BCUT2D eigenvalue weighted by molar-refractivity contribution is 5.23. The minimum Gasteiger partial charge on any atom is -0.312 e. The molecule has 0 aliphatic heterocycles. The molecule has 2 rings (SSSR count). The quantitative estimate of drug-likeness (QED) is 0.599. The first-order valence-corrected chi connectivity index (χ1v) is 6.96. The zero-order valence-corrected chi connectivity index (χ0v) is 12.5. The fourth-order valence-corrected chi connectivity index (χ4v) is 2.34. The van der Waals surface area contributed by atoms with Gasteiger partial charge in [-0.05, 0) is 39.3 Å². The Balaban J connectivity index is 1.83. The number of hydrogen-bond acceptors (Lipinski definition) is 3. The van der Waals surface area contributed by atoms with Crippen molar-refractivity contribution in [3.05, 3.63) is 47.1 Å². The molecule has 0 aliphatic rings. The van der Waals surface area contributed by atoms with E-state index in [0.717, 1.165) is 37.4 Å². The molecule has 0 aromatic carbocycles. The number of hydrogen-bond donors (Lipinski definition) is 2. The van der Waals surface area contributed by atoms with Crippen LogP contribution in [0.5, 0.6) is 0 Å². The highest BCUT2D eigenvalue weighted by atomic mass is 15.3. The van der Waals surface area contributed by atoms with Gasteiger partial charge in [0.15, 0.2) is 0 Å². The lowest BCUT2D eigenvalue weighted by molar-refractivity contribution is 0.679. The SMILES string of the molecule is C=CCn1cc(CNCCc2c(C)n[nH]c2C)c(C)n1. The lowest BCUT2D eigenvalue weighted by atomic mass is 10.1. The van der Waals surface area contributed by atoms with Gasteiger partial charge in [-0.25, -0.2) is 0 Å². The van der Waals surface area contributed by atoms with Gasteiger partial charge in [-0.3, -0.25) is 9.78 Å². The molecule has 0 saturated carbocycles. The molecule has 0 atom stereocenters. The molecule has 2 N–H and O–H groups in total. The molecular weight excluding hydrogens is 250 g/mol. The van der Waals surface area contributed by atoms with Crippen LogP contribution in [0.3, 0.4) is 0 Å². The van der Waals surface area contributed by atoms with Crippen LogP contribution in [0.25, 0.3) is 0 Å². The van der Waals surface area contributed by atoms with Crippen molar-refractivity contribution in [3.8, 4) is 0 Å². The summed E-state index contributed by atoms with van der Waals surface area (Å²) >= 11 is 0. The Morgan fingerprint density at radius 3 is 2.80 bits per heavy atom. The maximum Gasteiger partial charge on any atom is 0.0638 e. The molecule has 0 spiro atoms. The van der Waals surface area contributed by atoms with E-state index in [2.05, 4.69) is 40.3 Å². The lowest BCUT2D eigenvalue weighted by Gasteiger charge is -2.04. The topological polar surface area (TPSA) is 58.5 Å². The van der Waals surface area contributed by atoms with Gasteiger partial charge in [0.2, 0.25) is 0 Å². The van der Waals surface area contributed by atoms with E-state index in [1.807, 2.05) is 24.6 Å². The summed E-state index contributed by atoms with van der Waals surface area (Å²) in [6.45, 7) is 12.4. The average molecular weight is 273 g/mol. The Labute approximate surface area is 120 Å². The number of H-pyrrole nitrogens is 1. The monoisotopic (exact) mass is 273 g/mol. The van der Waals surface area contributed by atoms with Crippen LogP contribution in [-0.4, -0.2) is 26.5 Å². The van der Waals surface area contributed by atoms with Crippen molar-refractivity contribution in [1.82, 2.24) is 25.3 Å². The van der Waals surface area contributed by atoms with E-state index >= 15 is 0 Å². The average Bonchev–Trinajstić information content (AvgIpc) is 2.91. The molecular formula is C15H23N5. The standard InChI is InChI=1S/C15H23N5/c1-5-8-20-10-14(11(2)19-20)9-16-7-6-15-12(3)17-18-13(15)4/h5,10,16H,1,6-9H2,2-4H3,(H,17,18). The maximum absolute atomic E-state index is 4.45. The van der Waals surface area contributed by atoms with Gasteiger partial charge in [0, 0.05) is 24.0 Å². The fraction of sp³-hybridized carbons (Fsp3) is 0.467. The third kappa shape index (κ3) is 3.36. The normalized spacial score (nSPS) is 10.9. The summed E-state index contributed by atoms with van der Waals surface area (Å²) in [6.07, 6.45) is 4.93. The van der Waals surface area contributed by atoms with Crippen LogP contribution < -0.4 is 5.32 Å². The first-order valence-electron chi connectivity index (χ1n) is 6.96. The van der Waals surface area contributed by atoms with Gasteiger partial charge in [0.05, 0.1) is 17.9 Å². The maximum atomic E-state index is 4.45. The van der Waals surface area contributed by atoms with E-state index in [-0.39, 0.29) is 0 Å². The summed E-state index contributed by atoms with van der Waals surface area (Å²) in [5.41, 5.74) is 5.90. The summed E-state index contributed by atoms with van der Waals surface area (Å²) in [7, 11) is 0. The first-order chi connectivity index (χ1) is 9.61. The Hall–Kier alpha value is -1.88. The second kappa shape index (κ2) is 6.52. The van der Waals surface area contributed by atoms with Gasteiger partial charge in [-0.15, -0.1) is 6.58 Å². The van der Waals surface area contributed by atoms with Crippen molar-refractivity contribution in [2.75, 3.05) is 6.54 Å². The van der Waals surface area contributed by atoms with Gasteiger partial charge in [-0.2, -0.15) is 10.2 Å². The van der Waals surface area contributed by atoms with Gasteiger partial charge in [-0.1, -0.05) is 6.08 Å². The summed E-state index contributed by atoms with van der Waals surface area (Å²) in [6, 6.07) is 0. The highest BCUT2D eigenvalue weighted by Crippen LogP contribution is 2.10. The van der Waals surface area contributed by atoms with Crippen LogP contribution in [0.2, 0.25) is 0 Å². The molecule has 0 unspecified atom stereocenters. The Bertz CT molecular complexity index is 560. The fourth-order valence-electron chi connectivity index (χ4n) is 2.34. The van der Waals surface area contributed by atoms with Gasteiger partial charge < -0.3 is 5.32 Å². The Morgan fingerprint density at radius 1 is 1.35 bits per heavy atom. The van der Waals surface area contributed by atoms with Crippen LogP contribution in [0.1, 0.15) is 28.2 Å². The molecule has 2 aromatic rings. The summed E-state index contributed by atoms with van der Waals surface area (Å²) in [4.78, 5) is 0. The van der Waals surface area contributed by atoms with Crippen molar-refractivity contribution in [2.45, 2.75) is 40.3 Å². The number of allylic oxidation sites excluding steroid dienone is 1. The number of rotatable bonds is 7. The second-order valence-corrected chi connectivity index (χ2v) is 5.09. The zero-order valence-electron chi connectivity index (χ0n) is 12.5. The molecule has 0 radical (unpaired) electrons. The van der Waals surface area contributed by atoms with E-state index in [0.29, 0.717) is 0 Å². The molecule has 0 bridgehead atoms. The Morgan fingerprint density at radius 2 is 2.15 bits per heavy atom. The van der Waals surface area contributed by atoms with Gasteiger partial charge >= 0.3 is 0 Å². The number of aromatic amines is 1. The van der Waals surface area contributed by atoms with Crippen LogP contribution >= 0.6 is 0 Å². The summed E-state index contributed by atoms with van der Waals surface area (Å²) < 4.78 is 1.92. The van der Waals surface area contributed by atoms with Crippen LogP contribution in [0.15, 0.2) is 18.9 Å². The van der Waals surface area contributed by atoms with Crippen LogP contribution in [-0.2, 0) is 19.5 Å². The van der Waals surface area contributed by atoms with E-state index in [1.165, 1.54) is 16.8 Å². The number of nitrogens with one attached hydrogen (secondary N) is 2.